The van der Waals surface area contributed by atoms with E-state index in [-0.39, 0.29) is 40.9 Å². The summed E-state index contributed by atoms with van der Waals surface area (Å²) in [5, 5.41) is 0. The highest BCUT2D eigenvalue weighted by molar-refractivity contribution is 5.89. The molecule has 22 heteroatoms. The van der Waals surface area contributed by atoms with E-state index in [2.05, 4.69) is 128 Å². The summed E-state index contributed by atoms with van der Waals surface area (Å²) in [5.74, 6) is 8.67. The number of hydrogen-bond acceptors (Lipinski definition) is 16. The van der Waals surface area contributed by atoms with Gasteiger partial charge in [-0.05, 0) is 162 Å². The lowest BCUT2D eigenvalue weighted by molar-refractivity contribution is -0.926. The molecule has 598 valence electrons. The highest BCUT2D eigenvalue weighted by Crippen LogP contribution is 2.16. The van der Waals surface area contributed by atoms with Crippen molar-refractivity contribution in [2.45, 2.75) is 182 Å². The molecule has 2 atom stereocenters. The molecule has 0 aliphatic rings. The lowest BCUT2D eigenvalue weighted by Crippen LogP contribution is -2.51. The monoisotopic (exact) mass is 1480 g/mol. The maximum atomic E-state index is 11.7. The maximum Gasteiger partial charge on any atom is 0.384 e. The molecule has 0 bridgehead atoms. The SMILES string of the molecule is CC#CC(=O)OCC[N+](CC)(CCC)CCC.CC#CC(=O)OCC[N+](CC)(CCC)CCCC.CCCC[N+](CC)(CCC)CCOC(=O)c1ccco1.CCC[N+](CC)(CCC)CCOC(=O)c1ccco1.CC[N+](CC)(CC)CCOC(=O)c1ccco1.C[N+](C)(C)CCOC(=O)c1ccco1. The third kappa shape index (κ3) is 44.5. The Kier molecular flexibility index (Phi) is 57.0. The van der Waals surface area contributed by atoms with Gasteiger partial charge in [-0.1, -0.05) is 80.1 Å². The number of nitrogens with zero attached hydrogens (tertiary/aromatic N) is 6. The van der Waals surface area contributed by atoms with Crippen LogP contribution in [-0.4, -0.2) is 261 Å². The third-order valence-electron chi connectivity index (χ3n) is 19.2. The number of rotatable bonds is 47. The topological polar surface area (TPSA) is 210 Å². The predicted molar refractivity (Wildman–Crippen MR) is 418 cm³/mol. The minimum atomic E-state index is -0.408. The standard InChI is InChI=1S/C16H28NO3.C15H26NO3.C15H28NO2.C14H26NO2.C13H22NO3.C10H16NO3/c1-4-7-11-17(6-3,10-5-2)12-14-20-16(18)15-9-8-13-19-15;1-4-9-16(6-3,10-5-2)11-13-19-15(17)14-8-7-12-18-14;1-5-9-12-16(8-4,11-7-3)13-14-18-15(17)10-6-2;1-5-9-14(16)17-13-12-15(8-4,10-6-2)11-7-3;1-4-14(5-2,6-3)9-11-17-13(15)12-8-7-10-16-12;1-11(2,3)6-8-14-10(12)9-5-4-7-13-9/h8-9,13H,4-7,10-12,14H2,1-3H3;7-8,12H,4-6,9-11,13H2,1-3H3;5,7-9,11-14H2,1-4H3;6-8,10-13H2,1-4H3;7-8,10H,4-6,9,11H2,1-3H3;4-5,7H,6,8H2,1-3H3/q6*+1. The molecule has 0 fully saturated rings. The van der Waals surface area contributed by atoms with E-state index in [1.807, 2.05) is 21.1 Å². The van der Waals surface area contributed by atoms with Gasteiger partial charge >= 0.3 is 35.8 Å². The van der Waals surface area contributed by atoms with Gasteiger partial charge in [0.05, 0.1) is 144 Å². The van der Waals surface area contributed by atoms with Crippen molar-refractivity contribution in [3.05, 3.63) is 96.6 Å². The molecule has 4 aromatic heterocycles. The second kappa shape index (κ2) is 59.9. The van der Waals surface area contributed by atoms with Crippen LogP contribution in [0.2, 0.25) is 0 Å². The normalized spacial score (nSPS) is 12.1. The Balaban J connectivity index is 0. The van der Waals surface area contributed by atoms with E-state index in [9.17, 15) is 28.8 Å². The number of carbonyl (C=O) groups is 6. The van der Waals surface area contributed by atoms with Crippen LogP contribution in [0.4, 0.5) is 0 Å². The maximum absolute atomic E-state index is 11.7. The highest BCUT2D eigenvalue weighted by atomic mass is 16.6. The van der Waals surface area contributed by atoms with Crippen LogP contribution in [0.15, 0.2) is 91.3 Å². The molecular weight excluding hydrogens is 1340 g/mol. The van der Waals surface area contributed by atoms with Gasteiger partial charge < -0.3 is 73.0 Å². The Morgan fingerprint density at radius 3 is 0.705 bits per heavy atom. The summed E-state index contributed by atoms with van der Waals surface area (Å²) >= 11 is 0. The van der Waals surface area contributed by atoms with Crippen molar-refractivity contribution >= 4 is 35.8 Å². The van der Waals surface area contributed by atoms with Crippen molar-refractivity contribution in [2.24, 2.45) is 0 Å². The van der Waals surface area contributed by atoms with Gasteiger partial charge in [-0.25, -0.2) is 28.8 Å². The number of hydrogen-bond donors (Lipinski definition) is 0. The van der Waals surface area contributed by atoms with E-state index in [1.165, 1.54) is 70.2 Å². The molecule has 0 spiro atoms. The van der Waals surface area contributed by atoms with Gasteiger partial charge in [-0.2, -0.15) is 0 Å². The molecule has 2 unspecified atom stereocenters. The van der Waals surface area contributed by atoms with Gasteiger partial charge in [-0.3, -0.25) is 0 Å². The van der Waals surface area contributed by atoms with Gasteiger partial charge in [0, 0.05) is 11.8 Å². The molecule has 22 nitrogen and oxygen atoms in total. The van der Waals surface area contributed by atoms with Crippen LogP contribution in [0.25, 0.3) is 0 Å². The summed E-state index contributed by atoms with van der Waals surface area (Å²) in [4.78, 5) is 68.5. The van der Waals surface area contributed by atoms with Crippen molar-refractivity contribution in [3.8, 4) is 23.7 Å². The van der Waals surface area contributed by atoms with Crippen molar-refractivity contribution in [3.63, 3.8) is 0 Å². The number of furan rings is 4. The fourth-order valence-electron chi connectivity index (χ4n) is 12.4. The van der Waals surface area contributed by atoms with Gasteiger partial charge in [0.15, 0.2) is 0 Å². The zero-order chi connectivity index (χ0) is 79.3. The number of esters is 6. The highest BCUT2D eigenvalue weighted by Gasteiger charge is 2.29. The molecule has 4 rings (SSSR count). The molecule has 0 aliphatic carbocycles. The van der Waals surface area contributed by atoms with E-state index >= 15 is 0 Å². The minimum Gasteiger partial charge on any atom is -0.457 e. The number of carbonyl (C=O) groups excluding carboxylic acids is 6. The Bertz CT molecular complexity index is 2910. The smallest absolute Gasteiger partial charge is 0.384 e. The first-order valence-electron chi connectivity index (χ1n) is 39.4. The summed E-state index contributed by atoms with van der Waals surface area (Å²) in [7, 11) is 6.13. The molecule has 0 N–H and O–H groups in total. The molecule has 0 amide bonds. The fourth-order valence-corrected chi connectivity index (χ4v) is 12.4. The van der Waals surface area contributed by atoms with Crippen LogP contribution < -0.4 is 0 Å². The van der Waals surface area contributed by atoms with E-state index in [4.69, 9.17) is 46.1 Å². The Labute approximate surface area is 635 Å². The Morgan fingerprint density at radius 1 is 0.295 bits per heavy atom. The summed E-state index contributed by atoms with van der Waals surface area (Å²) in [6.07, 6.45) is 17.7. The molecule has 0 saturated heterocycles. The first-order chi connectivity index (χ1) is 50.3. The van der Waals surface area contributed by atoms with Crippen molar-refractivity contribution in [1.82, 2.24) is 0 Å². The van der Waals surface area contributed by atoms with Gasteiger partial charge in [0.25, 0.3) is 0 Å². The summed E-state index contributed by atoms with van der Waals surface area (Å²) in [6.45, 7) is 61.0. The van der Waals surface area contributed by atoms with Crippen LogP contribution in [0.1, 0.15) is 224 Å². The van der Waals surface area contributed by atoms with E-state index in [1.54, 1.807) is 62.4 Å². The zero-order valence-corrected chi connectivity index (χ0v) is 69.3. The fraction of sp³-hybridized carbons (Fsp3) is 0.687. The number of quaternary nitrogens is 6. The Hall–Kier alpha value is -7.18. The van der Waals surface area contributed by atoms with E-state index in [0.717, 1.165) is 183 Å². The molecule has 0 aromatic carbocycles. The van der Waals surface area contributed by atoms with Crippen LogP contribution in [-0.2, 0) is 38.0 Å². The summed E-state index contributed by atoms with van der Waals surface area (Å²) in [5.41, 5.74) is 0. The molecular formula is C83H146N6O16+6. The summed E-state index contributed by atoms with van der Waals surface area (Å²) < 4.78 is 56.9. The average Bonchev–Trinajstić information content (AvgIpc) is 1.69. The second-order valence-electron chi connectivity index (χ2n) is 27.5. The van der Waals surface area contributed by atoms with E-state index < -0.39 is 17.9 Å². The summed E-state index contributed by atoms with van der Waals surface area (Å²) in [6, 6.07) is 13.2. The van der Waals surface area contributed by atoms with Crippen molar-refractivity contribution < 1.29 is 102 Å². The quantitative estimate of drug-likeness (QED) is 0.0132. The average molecular weight is 1480 g/mol. The first kappa shape index (κ1) is 99.9. The molecule has 0 saturated carbocycles. The van der Waals surface area contributed by atoms with Crippen molar-refractivity contribution in [1.29, 1.82) is 0 Å². The molecule has 4 aromatic rings. The van der Waals surface area contributed by atoms with Crippen LogP contribution in [0.3, 0.4) is 0 Å². The lowest BCUT2D eigenvalue weighted by Gasteiger charge is -2.37. The van der Waals surface area contributed by atoms with Gasteiger partial charge in [-0.15, -0.1) is 0 Å². The first-order valence-corrected chi connectivity index (χ1v) is 39.4. The Morgan fingerprint density at radius 2 is 0.514 bits per heavy atom. The molecule has 0 aliphatic heterocycles. The van der Waals surface area contributed by atoms with Crippen LogP contribution >= 0.6 is 0 Å². The molecule has 105 heavy (non-hydrogen) atoms. The van der Waals surface area contributed by atoms with Crippen LogP contribution in [0, 0.1) is 23.7 Å². The zero-order valence-electron chi connectivity index (χ0n) is 69.3. The van der Waals surface area contributed by atoms with E-state index in [0.29, 0.717) is 39.6 Å². The number of unbranched alkanes of at least 4 members (excludes halogenated alkanes) is 2. The van der Waals surface area contributed by atoms with Gasteiger partial charge in [0.2, 0.25) is 23.0 Å². The lowest BCUT2D eigenvalue weighted by atomic mass is 10.2. The largest absolute Gasteiger partial charge is 0.457 e. The second-order valence-corrected chi connectivity index (χ2v) is 27.5. The van der Waals surface area contributed by atoms with Gasteiger partial charge in [0.1, 0.15) is 78.9 Å². The third-order valence-corrected chi connectivity index (χ3v) is 19.2. The number of ether oxygens (including phenoxy) is 6. The minimum absolute atomic E-state index is 0.256. The molecule has 4 heterocycles. The van der Waals surface area contributed by atoms with Crippen molar-refractivity contribution in [2.75, 3.05) is 198 Å². The number of likely N-dealkylation sites (N-methyl/N-ethyl adjacent to an activating group) is 6. The predicted octanol–water partition coefficient (Wildman–Crippen LogP) is 14.8. The van der Waals surface area contributed by atoms with Crippen LogP contribution in [0.5, 0.6) is 0 Å². The molecule has 0 radical (unpaired) electrons.